The summed E-state index contributed by atoms with van der Waals surface area (Å²) in [5.74, 6) is -0.405. The molecule has 0 aliphatic heterocycles. The van der Waals surface area contributed by atoms with Crippen LogP contribution >= 0.6 is 0 Å². The monoisotopic (exact) mass is 331 g/mol. The van der Waals surface area contributed by atoms with E-state index >= 15 is 0 Å². The fourth-order valence-corrected chi connectivity index (χ4v) is 2.16. The quantitative estimate of drug-likeness (QED) is 0.888. The van der Waals surface area contributed by atoms with Crippen molar-refractivity contribution in [2.75, 3.05) is 13.7 Å². The largest absolute Gasteiger partial charge is 0.406 e. The Hall–Kier alpha value is -2.29. The summed E-state index contributed by atoms with van der Waals surface area (Å²) in [7, 11) is 1.50. The normalized spacial score (nSPS) is 13.3. The van der Waals surface area contributed by atoms with Gasteiger partial charge in [0.2, 0.25) is 0 Å². The highest BCUT2D eigenvalue weighted by atomic mass is 19.4. The molecule has 0 bridgehead atoms. The minimum Gasteiger partial charge on any atom is -0.394 e. The van der Waals surface area contributed by atoms with E-state index in [1.807, 2.05) is 0 Å². The van der Waals surface area contributed by atoms with Gasteiger partial charge in [0.15, 0.2) is 0 Å². The molecule has 2 rings (SSSR count). The van der Waals surface area contributed by atoms with Crippen molar-refractivity contribution in [2.45, 2.75) is 25.7 Å². The zero-order chi connectivity index (χ0) is 17.4. The number of rotatable bonds is 4. The third-order valence-corrected chi connectivity index (χ3v) is 3.60. The highest BCUT2D eigenvalue weighted by Gasteiger charge is 2.30. The van der Waals surface area contributed by atoms with Crippen LogP contribution in [0.15, 0.2) is 23.0 Å². The topological polar surface area (TPSA) is 78.3 Å². The van der Waals surface area contributed by atoms with Crippen molar-refractivity contribution in [2.24, 2.45) is 0 Å². The van der Waals surface area contributed by atoms with Gasteiger partial charge in [-0.2, -0.15) is 13.2 Å². The van der Waals surface area contributed by atoms with Crippen molar-refractivity contribution in [3.8, 4) is 0 Å². The van der Waals surface area contributed by atoms with Crippen molar-refractivity contribution >= 4 is 16.9 Å². The summed E-state index contributed by atoms with van der Waals surface area (Å²) in [5.41, 5.74) is -0.461. The van der Waals surface area contributed by atoms with E-state index in [0.29, 0.717) is 4.57 Å². The van der Waals surface area contributed by atoms with Crippen molar-refractivity contribution in [3.63, 3.8) is 0 Å². The lowest BCUT2D eigenvalue weighted by molar-refractivity contribution is -0.140. The number of halogens is 3. The molecule has 6 nitrogen and oxygen atoms in total. The number of nitrogens with zero attached hydrogens (tertiary/aromatic N) is 2. The first-order valence-electron chi connectivity index (χ1n) is 6.81. The zero-order valence-electron chi connectivity index (χ0n) is 12.5. The minimum absolute atomic E-state index is 0.0711. The number of fused-ring (bicyclic) bond motifs is 1. The molecule has 0 aliphatic carbocycles. The molecule has 23 heavy (non-hydrogen) atoms. The lowest BCUT2D eigenvalue weighted by Gasteiger charge is -2.23. The maximum atomic E-state index is 12.5. The van der Waals surface area contributed by atoms with E-state index in [1.54, 1.807) is 6.92 Å². The maximum absolute atomic E-state index is 12.5. The molecule has 0 radical (unpaired) electrons. The molecular formula is C14H16F3N3O3. The van der Waals surface area contributed by atoms with Crippen LogP contribution in [0.1, 0.15) is 17.3 Å². The number of hydrogen-bond donors (Lipinski definition) is 2. The molecule has 2 aromatic rings. The molecule has 1 amide bonds. The van der Waals surface area contributed by atoms with Gasteiger partial charge in [-0.3, -0.25) is 9.36 Å². The number of hydrogen-bond acceptors (Lipinski definition) is 3. The number of benzene rings is 1. The Morgan fingerprint density at radius 3 is 2.65 bits per heavy atom. The number of amides is 1. The number of carbonyl (C=O) groups excluding carboxylic acids is 1. The van der Waals surface area contributed by atoms with Crippen LogP contribution in [0.5, 0.6) is 0 Å². The van der Waals surface area contributed by atoms with E-state index in [1.165, 1.54) is 30.1 Å². The van der Waals surface area contributed by atoms with Gasteiger partial charge in [-0.1, -0.05) is 0 Å². The Labute approximate surface area is 129 Å². The van der Waals surface area contributed by atoms with Gasteiger partial charge in [0.1, 0.15) is 6.54 Å². The number of aliphatic hydroxyl groups is 1. The van der Waals surface area contributed by atoms with Crippen LogP contribution in [0, 0.1) is 0 Å². The Balaban J connectivity index is 2.41. The number of imidazole rings is 1. The van der Waals surface area contributed by atoms with E-state index < -0.39 is 30.4 Å². The first-order valence-corrected chi connectivity index (χ1v) is 6.81. The second-order valence-corrected chi connectivity index (χ2v) is 5.31. The summed E-state index contributed by atoms with van der Waals surface area (Å²) >= 11 is 0. The van der Waals surface area contributed by atoms with Gasteiger partial charge in [0.05, 0.1) is 23.7 Å². The first kappa shape index (κ1) is 17.1. The van der Waals surface area contributed by atoms with Crippen LogP contribution in [0.4, 0.5) is 13.2 Å². The number of H-pyrrole nitrogens is 1. The van der Waals surface area contributed by atoms with E-state index in [-0.39, 0.29) is 23.2 Å². The summed E-state index contributed by atoms with van der Waals surface area (Å²) in [5, 5.41) is 9.07. The highest BCUT2D eigenvalue weighted by Crippen LogP contribution is 2.21. The van der Waals surface area contributed by atoms with Gasteiger partial charge < -0.3 is 15.0 Å². The third-order valence-electron chi connectivity index (χ3n) is 3.60. The number of carbonyl (C=O) groups is 1. The number of aromatic nitrogens is 2. The summed E-state index contributed by atoms with van der Waals surface area (Å²) in [6, 6.07) is 3.56. The van der Waals surface area contributed by atoms with E-state index in [2.05, 4.69) is 4.98 Å². The molecular weight excluding hydrogens is 315 g/mol. The number of aromatic amines is 1. The van der Waals surface area contributed by atoms with Gasteiger partial charge in [0.25, 0.3) is 5.91 Å². The van der Waals surface area contributed by atoms with Crippen molar-refractivity contribution in [1.82, 2.24) is 14.5 Å². The van der Waals surface area contributed by atoms with Gasteiger partial charge in [0, 0.05) is 12.6 Å². The van der Waals surface area contributed by atoms with Crippen molar-refractivity contribution in [1.29, 1.82) is 0 Å². The Bertz CT molecular complexity index is 779. The zero-order valence-corrected chi connectivity index (χ0v) is 12.5. The van der Waals surface area contributed by atoms with Crippen LogP contribution < -0.4 is 5.69 Å². The number of aliphatic hydroxyl groups excluding tert-OH is 1. The van der Waals surface area contributed by atoms with Crippen LogP contribution in [0.25, 0.3) is 11.0 Å². The average Bonchev–Trinajstić information content (AvgIpc) is 2.78. The Kier molecular flexibility index (Phi) is 4.51. The third kappa shape index (κ3) is 3.55. The highest BCUT2D eigenvalue weighted by molar-refractivity contribution is 5.97. The first-order chi connectivity index (χ1) is 10.6. The second-order valence-electron chi connectivity index (χ2n) is 5.31. The average molecular weight is 331 g/mol. The molecule has 1 atom stereocenters. The minimum atomic E-state index is -4.52. The molecule has 2 N–H and O–H groups in total. The van der Waals surface area contributed by atoms with Gasteiger partial charge >= 0.3 is 11.9 Å². The summed E-state index contributed by atoms with van der Waals surface area (Å²) < 4.78 is 38.1. The fraction of sp³-hybridized carbons (Fsp3) is 0.429. The molecule has 1 aromatic carbocycles. The maximum Gasteiger partial charge on any atom is 0.406 e. The number of alkyl halides is 3. The predicted octanol–water partition coefficient (Wildman–Crippen LogP) is 1.34. The smallest absolute Gasteiger partial charge is 0.394 e. The fourth-order valence-electron chi connectivity index (χ4n) is 2.16. The summed E-state index contributed by atoms with van der Waals surface area (Å²) in [6.07, 6.45) is -4.52. The molecule has 126 valence electrons. The molecule has 0 fully saturated rings. The Morgan fingerprint density at radius 1 is 1.43 bits per heavy atom. The van der Waals surface area contributed by atoms with E-state index in [0.717, 1.165) is 0 Å². The molecule has 9 heteroatoms. The SMILES string of the molecule is CC(CO)N(C)C(=O)c1ccc2c(c1)[nH]c(=O)n2CC(F)(F)F. The van der Waals surface area contributed by atoms with Crippen molar-refractivity contribution < 1.29 is 23.1 Å². The van der Waals surface area contributed by atoms with Gasteiger partial charge in [-0.05, 0) is 25.1 Å². The van der Waals surface area contributed by atoms with E-state index in [4.69, 9.17) is 5.11 Å². The number of likely N-dealkylation sites (N-methyl/N-ethyl adjacent to an activating group) is 1. The van der Waals surface area contributed by atoms with Crippen LogP contribution in [0.3, 0.4) is 0 Å². The number of nitrogens with one attached hydrogen (secondary N) is 1. The standard InChI is InChI=1S/C14H16F3N3O3/c1-8(6-21)19(2)12(22)9-3-4-11-10(5-9)18-13(23)20(11)7-14(15,16)17/h3-5,8,21H,6-7H2,1-2H3,(H,18,23). The Morgan fingerprint density at radius 2 is 2.09 bits per heavy atom. The van der Waals surface area contributed by atoms with Crippen LogP contribution in [-0.4, -0.2) is 51.3 Å². The van der Waals surface area contributed by atoms with Crippen LogP contribution in [-0.2, 0) is 6.54 Å². The second kappa shape index (κ2) is 6.07. The lowest BCUT2D eigenvalue weighted by Crippen LogP contribution is -2.37. The van der Waals surface area contributed by atoms with Crippen LogP contribution in [0.2, 0.25) is 0 Å². The summed E-state index contributed by atoms with van der Waals surface area (Å²) in [6.45, 7) is 0.0297. The molecule has 0 aliphatic rings. The molecule has 0 spiro atoms. The molecule has 1 unspecified atom stereocenters. The van der Waals surface area contributed by atoms with Gasteiger partial charge in [-0.15, -0.1) is 0 Å². The summed E-state index contributed by atoms with van der Waals surface area (Å²) in [4.78, 5) is 27.5. The molecule has 0 saturated heterocycles. The molecule has 1 heterocycles. The molecule has 1 aromatic heterocycles. The lowest BCUT2D eigenvalue weighted by atomic mass is 10.1. The molecule has 0 saturated carbocycles. The van der Waals surface area contributed by atoms with Crippen molar-refractivity contribution in [3.05, 3.63) is 34.2 Å². The van der Waals surface area contributed by atoms with Gasteiger partial charge in [-0.25, -0.2) is 4.79 Å². The van der Waals surface area contributed by atoms with E-state index in [9.17, 15) is 22.8 Å². The predicted molar refractivity (Wildman–Crippen MR) is 77.3 cm³/mol.